The third-order valence-corrected chi connectivity index (χ3v) is 7.35. The van der Waals surface area contributed by atoms with Crippen molar-refractivity contribution in [1.29, 1.82) is 0 Å². The summed E-state index contributed by atoms with van der Waals surface area (Å²) in [5.74, 6) is -2.68. The first-order valence-corrected chi connectivity index (χ1v) is 13.9. The monoisotopic (exact) mass is 611 g/mol. The second-order valence-electron chi connectivity index (χ2n) is 10.3. The van der Waals surface area contributed by atoms with Crippen molar-refractivity contribution in [3.63, 3.8) is 0 Å². The van der Waals surface area contributed by atoms with Crippen LogP contribution >= 0.6 is 11.6 Å². The molecule has 2 aromatic heterocycles. The van der Waals surface area contributed by atoms with Crippen LogP contribution in [0.1, 0.15) is 45.0 Å². The number of halogens is 1. The number of hydrogen-bond acceptors (Lipinski definition) is 10. The van der Waals surface area contributed by atoms with E-state index in [1.165, 1.54) is 27.7 Å². The number of esters is 4. The van der Waals surface area contributed by atoms with Gasteiger partial charge in [-0.15, -0.1) is 0 Å². The van der Waals surface area contributed by atoms with Gasteiger partial charge in [0.2, 0.25) is 0 Å². The lowest BCUT2D eigenvalue weighted by atomic mass is 9.97. The van der Waals surface area contributed by atoms with Crippen molar-refractivity contribution in [2.24, 2.45) is 0 Å². The zero-order chi connectivity index (χ0) is 30.8. The zero-order valence-electron chi connectivity index (χ0n) is 23.9. The number of carbonyl (C=O) groups is 4. The van der Waals surface area contributed by atoms with E-state index in [2.05, 4.69) is 0 Å². The van der Waals surface area contributed by atoms with Crippen LogP contribution in [0.4, 0.5) is 0 Å². The Morgan fingerprint density at radius 3 is 2.26 bits per heavy atom. The molecule has 5 rings (SSSR count). The quantitative estimate of drug-likeness (QED) is 0.200. The van der Waals surface area contributed by atoms with E-state index < -0.39 is 54.5 Å². The van der Waals surface area contributed by atoms with Crippen molar-refractivity contribution >= 4 is 57.4 Å². The maximum absolute atomic E-state index is 12.4. The third kappa shape index (κ3) is 6.52. The molecule has 3 heterocycles. The Hall–Kier alpha value is -4.35. The Morgan fingerprint density at radius 1 is 0.860 bits per heavy atom. The number of hydrogen-bond donors (Lipinski definition) is 0. The first-order chi connectivity index (χ1) is 20.5. The highest BCUT2D eigenvalue weighted by molar-refractivity contribution is 6.35. The van der Waals surface area contributed by atoms with Crippen LogP contribution in [0.3, 0.4) is 0 Å². The van der Waals surface area contributed by atoms with Crippen LogP contribution < -0.4 is 0 Å². The third-order valence-electron chi connectivity index (χ3n) is 7.04. The summed E-state index contributed by atoms with van der Waals surface area (Å²) in [6.07, 6.45) is -2.06. The number of nitrogens with zero attached hydrogens (tertiary/aromatic N) is 1. The first-order valence-electron chi connectivity index (χ1n) is 13.6. The molecule has 0 amide bonds. The number of aromatic nitrogens is 1. The molecule has 0 N–H and O–H groups in total. The standard InChI is InChI=1S/C31H30ClNO10/c1-16(34)39-15-26-28(40-17(2)35)29(41-18(3)36)30(42-19(4)37)31(43-26)33-14-22(27-23(32)6-5-7-24(27)33)13-20-8-9-25-21(12-20)10-11-38-25/h5-12,14,26,28-31H,13,15H2,1-4H3/t26-,28-,29+,30-,31-/m1/s1. The molecular formula is C31H30ClNO10. The number of fused-ring (bicyclic) bond motifs is 2. The molecule has 0 saturated carbocycles. The fraction of sp³-hybridized carbons (Fsp3) is 0.355. The number of benzene rings is 2. The molecule has 0 spiro atoms. The minimum Gasteiger partial charge on any atom is -0.464 e. The van der Waals surface area contributed by atoms with Crippen molar-refractivity contribution in [1.82, 2.24) is 4.57 Å². The van der Waals surface area contributed by atoms with Crippen LogP contribution in [0, 0.1) is 0 Å². The van der Waals surface area contributed by atoms with Crippen molar-refractivity contribution in [2.45, 2.75) is 64.8 Å². The maximum atomic E-state index is 12.4. The average molecular weight is 612 g/mol. The predicted octanol–water partition coefficient (Wildman–Crippen LogP) is 4.89. The highest BCUT2D eigenvalue weighted by atomic mass is 35.5. The highest BCUT2D eigenvalue weighted by Gasteiger charge is 2.53. The van der Waals surface area contributed by atoms with E-state index in [1.54, 1.807) is 23.0 Å². The molecule has 11 nitrogen and oxygen atoms in total. The summed E-state index contributed by atoms with van der Waals surface area (Å²) in [5, 5.41) is 2.18. The maximum Gasteiger partial charge on any atom is 0.303 e. The summed E-state index contributed by atoms with van der Waals surface area (Å²) in [6.45, 7) is 4.46. The molecule has 12 heteroatoms. The van der Waals surface area contributed by atoms with Gasteiger partial charge in [-0.05, 0) is 47.9 Å². The molecule has 5 atom stereocenters. The smallest absolute Gasteiger partial charge is 0.303 e. The average Bonchev–Trinajstić information content (AvgIpc) is 3.54. The number of furan rings is 1. The minimum atomic E-state index is -1.30. The van der Waals surface area contributed by atoms with E-state index in [0.29, 0.717) is 17.0 Å². The van der Waals surface area contributed by atoms with Gasteiger partial charge in [0, 0.05) is 44.7 Å². The second kappa shape index (κ2) is 12.5. The fourth-order valence-corrected chi connectivity index (χ4v) is 5.76. The van der Waals surface area contributed by atoms with E-state index in [1.807, 2.05) is 36.5 Å². The Labute approximate surface area is 251 Å². The van der Waals surface area contributed by atoms with Gasteiger partial charge in [0.05, 0.1) is 16.8 Å². The van der Waals surface area contributed by atoms with Crippen molar-refractivity contribution in [3.8, 4) is 0 Å². The van der Waals surface area contributed by atoms with Crippen molar-refractivity contribution in [3.05, 3.63) is 71.1 Å². The highest BCUT2D eigenvalue weighted by Crippen LogP contribution is 2.39. The Balaban J connectivity index is 1.64. The largest absolute Gasteiger partial charge is 0.464 e. The molecule has 43 heavy (non-hydrogen) atoms. The van der Waals surface area contributed by atoms with Crippen LogP contribution in [-0.4, -0.2) is 59.5 Å². The summed E-state index contributed by atoms with van der Waals surface area (Å²) >= 11 is 6.73. The molecule has 226 valence electrons. The Morgan fingerprint density at radius 2 is 1.56 bits per heavy atom. The van der Waals surface area contributed by atoms with E-state index >= 15 is 0 Å². The van der Waals surface area contributed by atoms with Crippen molar-refractivity contribution in [2.75, 3.05) is 6.61 Å². The predicted molar refractivity (Wildman–Crippen MR) is 153 cm³/mol. The van der Waals surface area contributed by atoms with Gasteiger partial charge in [-0.1, -0.05) is 23.7 Å². The van der Waals surface area contributed by atoms with Crippen molar-refractivity contribution < 1.29 is 47.3 Å². The number of rotatable bonds is 8. The summed E-state index contributed by atoms with van der Waals surface area (Å²) in [7, 11) is 0. The number of ether oxygens (including phenoxy) is 5. The van der Waals surface area contributed by atoms with E-state index in [4.69, 9.17) is 39.7 Å². The van der Waals surface area contributed by atoms with Crippen LogP contribution in [0.2, 0.25) is 5.02 Å². The van der Waals surface area contributed by atoms with Gasteiger partial charge in [0.1, 0.15) is 18.3 Å². The summed E-state index contributed by atoms with van der Waals surface area (Å²) in [6, 6.07) is 13.1. The van der Waals surface area contributed by atoms with E-state index in [0.717, 1.165) is 27.5 Å². The van der Waals surface area contributed by atoms with Gasteiger partial charge in [0.15, 0.2) is 24.5 Å². The molecular weight excluding hydrogens is 582 g/mol. The molecule has 0 radical (unpaired) electrons. The summed E-state index contributed by atoms with van der Waals surface area (Å²) in [5.41, 5.74) is 3.25. The molecule has 2 aromatic carbocycles. The molecule has 1 aliphatic heterocycles. The minimum absolute atomic E-state index is 0.328. The molecule has 0 bridgehead atoms. The topological polar surface area (TPSA) is 133 Å². The second-order valence-corrected chi connectivity index (χ2v) is 10.7. The van der Waals surface area contributed by atoms with Gasteiger partial charge in [-0.25, -0.2) is 0 Å². The molecule has 0 aliphatic carbocycles. The summed E-state index contributed by atoms with van der Waals surface area (Å²) < 4.78 is 35.7. The van der Waals surface area contributed by atoms with E-state index in [-0.39, 0.29) is 6.61 Å². The van der Waals surface area contributed by atoms with E-state index in [9.17, 15) is 19.2 Å². The van der Waals surface area contributed by atoms with Crippen LogP contribution in [0.25, 0.3) is 21.9 Å². The lowest BCUT2D eigenvalue weighted by Crippen LogP contribution is -2.60. The van der Waals surface area contributed by atoms with Crippen LogP contribution in [-0.2, 0) is 49.3 Å². The zero-order valence-corrected chi connectivity index (χ0v) is 24.7. The van der Waals surface area contributed by atoms with Crippen LogP contribution in [0.5, 0.6) is 0 Å². The van der Waals surface area contributed by atoms with Crippen LogP contribution in [0.15, 0.2) is 59.3 Å². The van der Waals surface area contributed by atoms with Gasteiger partial charge in [-0.3, -0.25) is 19.2 Å². The van der Waals surface area contributed by atoms with Gasteiger partial charge < -0.3 is 32.7 Å². The lowest BCUT2D eigenvalue weighted by Gasteiger charge is -2.44. The number of carbonyl (C=O) groups excluding carboxylic acids is 4. The molecule has 4 aromatic rings. The lowest BCUT2D eigenvalue weighted by molar-refractivity contribution is -0.267. The van der Waals surface area contributed by atoms with Gasteiger partial charge in [-0.2, -0.15) is 0 Å². The molecule has 0 unspecified atom stereocenters. The molecule has 1 fully saturated rings. The Kier molecular flexibility index (Phi) is 8.74. The van der Waals surface area contributed by atoms with Gasteiger partial charge in [0.25, 0.3) is 0 Å². The normalized spacial score (nSPS) is 21.8. The Bertz CT molecular complexity index is 1690. The van der Waals surface area contributed by atoms with Gasteiger partial charge >= 0.3 is 23.9 Å². The summed E-state index contributed by atoms with van der Waals surface area (Å²) in [4.78, 5) is 48.5. The SMILES string of the molecule is CC(=O)OC[C@H]1O[C@@H](n2cc(Cc3ccc4occc4c3)c3c(Cl)cccc32)[C@H](OC(C)=O)[C@@H](OC(C)=O)[C@@H]1OC(C)=O. The first kappa shape index (κ1) is 30.1. The fourth-order valence-electron chi connectivity index (χ4n) is 5.47. The molecule has 1 aliphatic rings. The molecule has 1 saturated heterocycles.